The van der Waals surface area contributed by atoms with Crippen molar-refractivity contribution in [2.45, 2.75) is 38.6 Å². The van der Waals surface area contributed by atoms with Crippen molar-refractivity contribution in [2.24, 2.45) is 0 Å². The van der Waals surface area contributed by atoms with E-state index in [0.717, 1.165) is 11.6 Å². The maximum Gasteiger partial charge on any atom is 0.268 e. The molecule has 1 aliphatic rings. The fourth-order valence-corrected chi connectivity index (χ4v) is 3.05. The molecule has 0 bridgehead atoms. The standard InChI is InChI=1S/C14H22N4OS/c1-3-8-18(9-4-2)13(19)11-12(15)17-14(20-11)16-10-6-5-7-10/h3,10H,1,4-9,15H2,2H3,(H,16,17). The molecule has 1 aromatic heterocycles. The zero-order chi connectivity index (χ0) is 14.5. The summed E-state index contributed by atoms with van der Waals surface area (Å²) in [6.07, 6.45) is 6.24. The van der Waals surface area contributed by atoms with E-state index < -0.39 is 0 Å². The summed E-state index contributed by atoms with van der Waals surface area (Å²) in [4.78, 5) is 19.0. The van der Waals surface area contributed by atoms with E-state index in [1.165, 1.54) is 30.6 Å². The molecule has 0 saturated heterocycles. The Bertz CT molecular complexity index is 482. The van der Waals surface area contributed by atoms with Crippen molar-refractivity contribution in [1.82, 2.24) is 9.88 Å². The highest BCUT2D eigenvalue weighted by Crippen LogP contribution is 2.30. The first-order valence-electron chi connectivity index (χ1n) is 7.08. The minimum absolute atomic E-state index is 0.0524. The third kappa shape index (κ3) is 3.30. The van der Waals surface area contributed by atoms with Crippen LogP contribution in [0, 0.1) is 0 Å². The van der Waals surface area contributed by atoms with Crippen LogP contribution in [0.1, 0.15) is 42.3 Å². The summed E-state index contributed by atoms with van der Waals surface area (Å²) in [5, 5.41) is 4.09. The number of nitrogens with two attached hydrogens (primary N) is 1. The second-order valence-corrected chi connectivity index (χ2v) is 6.04. The number of aromatic nitrogens is 1. The van der Waals surface area contributed by atoms with E-state index in [-0.39, 0.29) is 5.91 Å². The average molecular weight is 294 g/mol. The first kappa shape index (κ1) is 14.8. The summed E-state index contributed by atoms with van der Waals surface area (Å²) < 4.78 is 0. The first-order valence-corrected chi connectivity index (χ1v) is 7.90. The van der Waals surface area contributed by atoms with E-state index in [0.29, 0.717) is 29.8 Å². The van der Waals surface area contributed by atoms with E-state index in [2.05, 4.69) is 16.9 Å². The molecule has 2 rings (SSSR count). The molecule has 0 spiro atoms. The summed E-state index contributed by atoms with van der Waals surface area (Å²) in [6, 6.07) is 0.489. The summed E-state index contributed by atoms with van der Waals surface area (Å²) in [5.41, 5.74) is 5.89. The highest BCUT2D eigenvalue weighted by molar-refractivity contribution is 7.18. The Hall–Kier alpha value is -1.56. The number of amides is 1. The Balaban J connectivity index is 2.09. The molecule has 1 saturated carbocycles. The molecular formula is C14H22N4OS. The van der Waals surface area contributed by atoms with Crippen molar-refractivity contribution in [1.29, 1.82) is 0 Å². The zero-order valence-electron chi connectivity index (χ0n) is 11.9. The molecule has 110 valence electrons. The molecule has 3 N–H and O–H groups in total. The van der Waals surface area contributed by atoms with Crippen LogP contribution in [0.5, 0.6) is 0 Å². The minimum Gasteiger partial charge on any atom is -0.382 e. The van der Waals surface area contributed by atoms with Crippen LogP contribution in [0.2, 0.25) is 0 Å². The Labute approximate surface area is 123 Å². The van der Waals surface area contributed by atoms with E-state index in [1.54, 1.807) is 11.0 Å². The number of nitrogens with one attached hydrogen (secondary N) is 1. The third-order valence-corrected chi connectivity index (χ3v) is 4.40. The second-order valence-electron chi connectivity index (χ2n) is 5.05. The van der Waals surface area contributed by atoms with Gasteiger partial charge in [0, 0.05) is 19.1 Å². The van der Waals surface area contributed by atoms with Gasteiger partial charge in [0.2, 0.25) is 0 Å². The van der Waals surface area contributed by atoms with Gasteiger partial charge in [-0.15, -0.1) is 6.58 Å². The topological polar surface area (TPSA) is 71.2 Å². The molecule has 20 heavy (non-hydrogen) atoms. The molecule has 5 nitrogen and oxygen atoms in total. The summed E-state index contributed by atoms with van der Waals surface area (Å²) in [7, 11) is 0. The lowest BCUT2D eigenvalue weighted by molar-refractivity contribution is 0.0779. The Morgan fingerprint density at radius 1 is 1.65 bits per heavy atom. The molecule has 1 heterocycles. The molecule has 1 aliphatic carbocycles. The van der Waals surface area contributed by atoms with E-state index in [4.69, 9.17) is 5.73 Å². The molecule has 1 amide bonds. The maximum atomic E-state index is 12.5. The van der Waals surface area contributed by atoms with Crippen molar-refractivity contribution in [3.8, 4) is 0 Å². The molecule has 1 aromatic rings. The number of rotatable bonds is 7. The van der Waals surface area contributed by atoms with Crippen molar-refractivity contribution in [3.05, 3.63) is 17.5 Å². The summed E-state index contributed by atoms with van der Waals surface area (Å²) in [5.74, 6) is 0.274. The van der Waals surface area contributed by atoms with E-state index in [9.17, 15) is 4.79 Å². The number of carbonyl (C=O) groups excluding carboxylic acids is 1. The van der Waals surface area contributed by atoms with Gasteiger partial charge in [0.15, 0.2) is 5.13 Å². The molecule has 0 radical (unpaired) electrons. The molecule has 0 unspecified atom stereocenters. The SMILES string of the molecule is C=CCN(CCC)C(=O)c1sc(NC2CCC2)nc1N. The van der Waals surface area contributed by atoms with Gasteiger partial charge in [-0.1, -0.05) is 24.3 Å². The van der Waals surface area contributed by atoms with Crippen LogP contribution in [-0.2, 0) is 0 Å². The number of nitrogens with zero attached hydrogens (tertiary/aromatic N) is 2. The molecule has 6 heteroatoms. The van der Waals surface area contributed by atoms with Crippen molar-refractivity contribution in [3.63, 3.8) is 0 Å². The van der Waals surface area contributed by atoms with Gasteiger partial charge in [-0.05, 0) is 25.7 Å². The minimum atomic E-state index is -0.0524. The fourth-order valence-electron chi connectivity index (χ4n) is 2.12. The Kier molecular flexibility index (Phi) is 5.00. The molecule has 0 aliphatic heterocycles. The van der Waals surface area contributed by atoms with Gasteiger partial charge in [0.25, 0.3) is 5.91 Å². The highest BCUT2D eigenvalue weighted by Gasteiger charge is 2.23. The lowest BCUT2D eigenvalue weighted by Crippen LogP contribution is -2.31. The molecule has 0 aromatic carbocycles. The quantitative estimate of drug-likeness (QED) is 0.759. The van der Waals surface area contributed by atoms with Crippen LogP contribution in [0.15, 0.2) is 12.7 Å². The van der Waals surface area contributed by atoms with Crippen LogP contribution < -0.4 is 11.1 Å². The smallest absolute Gasteiger partial charge is 0.268 e. The predicted octanol–water partition coefficient (Wildman–Crippen LogP) is 2.73. The Morgan fingerprint density at radius 3 is 2.95 bits per heavy atom. The second kappa shape index (κ2) is 6.74. The van der Waals surface area contributed by atoms with Gasteiger partial charge >= 0.3 is 0 Å². The summed E-state index contributed by atoms with van der Waals surface area (Å²) in [6.45, 7) is 6.98. The first-order chi connectivity index (χ1) is 9.65. The number of carbonyl (C=O) groups is 1. The lowest BCUT2D eigenvalue weighted by Gasteiger charge is -2.25. The average Bonchev–Trinajstić information content (AvgIpc) is 2.74. The highest BCUT2D eigenvalue weighted by atomic mass is 32.1. The number of nitrogen functional groups attached to an aromatic ring is 1. The fraction of sp³-hybridized carbons (Fsp3) is 0.571. The van der Waals surface area contributed by atoms with Gasteiger partial charge in [-0.3, -0.25) is 4.79 Å². The normalized spacial score (nSPS) is 14.7. The van der Waals surface area contributed by atoms with Crippen molar-refractivity contribution >= 4 is 28.2 Å². The monoisotopic (exact) mass is 294 g/mol. The van der Waals surface area contributed by atoms with E-state index >= 15 is 0 Å². The van der Waals surface area contributed by atoms with Crippen LogP contribution in [0.3, 0.4) is 0 Å². The maximum absolute atomic E-state index is 12.5. The van der Waals surface area contributed by atoms with Crippen molar-refractivity contribution in [2.75, 3.05) is 24.1 Å². The van der Waals surface area contributed by atoms with Gasteiger partial charge in [0.05, 0.1) is 0 Å². The predicted molar refractivity (Wildman–Crippen MR) is 84.2 cm³/mol. The Morgan fingerprint density at radius 2 is 2.40 bits per heavy atom. The number of anilines is 2. The molecule has 1 fully saturated rings. The molecule has 0 atom stereocenters. The molecular weight excluding hydrogens is 272 g/mol. The lowest BCUT2D eigenvalue weighted by atomic mass is 9.93. The third-order valence-electron chi connectivity index (χ3n) is 3.41. The number of hydrogen-bond donors (Lipinski definition) is 2. The number of hydrogen-bond acceptors (Lipinski definition) is 5. The van der Waals surface area contributed by atoms with Crippen molar-refractivity contribution < 1.29 is 4.79 Å². The van der Waals surface area contributed by atoms with Crippen LogP contribution in [-0.4, -0.2) is 34.9 Å². The van der Waals surface area contributed by atoms with Gasteiger partial charge in [0.1, 0.15) is 10.7 Å². The van der Waals surface area contributed by atoms with Crippen LogP contribution >= 0.6 is 11.3 Å². The number of thiazole rings is 1. The van der Waals surface area contributed by atoms with Gasteiger partial charge in [-0.25, -0.2) is 4.98 Å². The van der Waals surface area contributed by atoms with Gasteiger partial charge in [-0.2, -0.15) is 0 Å². The largest absolute Gasteiger partial charge is 0.382 e. The van der Waals surface area contributed by atoms with E-state index in [1.807, 2.05) is 6.92 Å². The summed E-state index contributed by atoms with van der Waals surface area (Å²) >= 11 is 1.35. The van der Waals surface area contributed by atoms with Crippen LogP contribution in [0.4, 0.5) is 10.9 Å². The van der Waals surface area contributed by atoms with Gasteiger partial charge < -0.3 is 16.0 Å². The van der Waals surface area contributed by atoms with Crippen LogP contribution in [0.25, 0.3) is 0 Å². The zero-order valence-corrected chi connectivity index (χ0v) is 12.7.